The lowest BCUT2D eigenvalue weighted by atomic mass is 10.0. The van der Waals surface area contributed by atoms with Gasteiger partial charge in [-0.3, -0.25) is 4.79 Å². The fraction of sp³-hybridized carbons (Fsp3) is 0.111. The van der Waals surface area contributed by atoms with Gasteiger partial charge in [0.05, 0.1) is 11.6 Å². The molecule has 116 valence electrons. The van der Waals surface area contributed by atoms with Crippen LogP contribution in [0.4, 0.5) is 0 Å². The zero-order valence-electron chi connectivity index (χ0n) is 12.5. The molecule has 2 aromatic carbocycles. The van der Waals surface area contributed by atoms with Crippen LogP contribution < -0.4 is 4.74 Å². The predicted octanol–water partition coefficient (Wildman–Crippen LogP) is 4.23. The van der Waals surface area contributed by atoms with Gasteiger partial charge in [-0.25, -0.2) is 4.68 Å². The lowest BCUT2D eigenvalue weighted by Gasteiger charge is -2.09. The fourth-order valence-corrected chi connectivity index (χ4v) is 2.29. The fourth-order valence-electron chi connectivity index (χ4n) is 2.17. The Morgan fingerprint density at radius 2 is 1.78 bits per heavy atom. The molecule has 0 fully saturated rings. The van der Waals surface area contributed by atoms with E-state index in [-0.39, 0.29) is 17.8 Å². The van der Waals surface area contributed by atoms with Gasteiger partial charge in [-0.15, -0.1) is 5.10 Å². The first-order valence-corrected chi connectivity index (χ1v) is 7.59. The van der Waals surface area contributed by atoms with E-state index in [1.165, 1.54) is 0 Å². The number of halogens is 1. The molecule has 0 bridgehead atoms. The molecule has 0 N–H and O–H groups in total. The number of rotatable bonds is 4. The van der Waals surface area contributed by atoms with Gasteiger partial charge in [0.15, 0.2) is 0 Å². The van der Waals surface area contributed by atoms with Crippen LogP contribution in [0.25, 0.3) is 5.69 Å². The van der Waals surface area contributed by atoms with Crippen molar-refractivity contribution >= 4 is 17.6 Å². The van der Waals surface area contributed by atoms with Crippen molar-refractivity contribution in [3.63, 3.8) is 0 Å². The summed E-state index contributed by atoms with van der Waals surface area (Å²) in [5, 5.41) is 4.91. The molecule has 3 aromatic rings. The Kier molecular flexibility index (Phi) is 4.44. The van der Waals surface area contributed by atoms with E-state index in [4.69, 9.17) is 16.3 Å². The summed E-state index contributed by atoms with van der Waals surface area (Å²) in [7, 11) is 0. The molecule has 23 heavy (non-hydrogen) atoms. The third-order valence-corrected chi connectivity index (χ3v) is 3.77. The van der Waals surface area contributed by atoms with Crippen molar-refractivity contribution in [1.82, 2.24) is 9.78 Å². The van der Waals surface area contributed by atoms with E-state index in [9.17, 15) is 4.79 Å². The number of ether oxygens (including phenoxy) is 1. The Hall–Kier alpha value is -2.59. The highest BCUT2D eigenvalue weighted by Crippen LogP contribution is 2.19. The molecule has 1 atom stereocenters. The summed E-state index contributed by atoms with van der Waals surface area (Å²) in [4.78, 5) is 12.2. The molecule has 0 aliphatic carbocycles. The summed E-state index contributed by atoms with van der Waals surface area (Å²) in [5.74, 6) is -0.415. The second kappa shape index (κ2) is 6.67. The van der Waals surface area contributed by atoms with Gasteiger partial charge >= 0.3 is 5.97 Å². The summed E-state index contributed by atoms with van der Waals surface area (Å²) in [6.45, 7) is 1.81. The molecule has 5 heteroatoms. The third kappa shape index (κ3) is 3.60. The summed E-state index contributed by atoms with van der Waals surface area (Å²) >= 11 is 5.87. The van der Waals surface area contributed by atoms with E-state index >= 15 is 0 Å². The standard InChI is InChI=1S/C18H15ClN2O2/c1-13(14-5-3-2-4-6-14)18(22)23-17-11-12-21(20-17)16-9-7-15(19)8-10-16/h2-13H,1H3. The third-order valence-electron chi connectivity index (χ3n) is 3.51. The van der Waals surface area contributed by atoms with Gasteiger partial charge < -0.3 is 4.74 Å². The summed E-state index contributed by atoms with van der Waals surface area (Å²) in [5.41, 5.74) is 1.75. The lowest BCUT2D eigenvalue weighted by molar-refractivity contribution is -0.135. The Morgan fingerprint density at radius 3 is 2.48 bits per heavy atom. The van der Waals surface area contributed by atoms with Crippen molar-refractivity contribution in [3.8, 4) is 11.6 Å². The topological polar surface area (TPSA) is 44.1 Å². The van der Waals surface area contributed by atoms with Crippen LogP contribution in [-0.4, -0.2) is 15.7 Å². The van der Waals surface area contributed by atoms with Crippen molar-refractivity contribution in [1.29, 1.82) is 0 Å². The molecule has 1 unspecified atom stereocenters. The average molecular weight is 327 g/mol. The van der Waals surface area contributed by atoms with Crippen molar-refractivity contribution < 1.29 is 9.53 Å². The Morgan fingerprint density at radius 1 is 1.09 bits per heavy atom. The number of aromatic nitrogens is 2. The Balaban J connectivity index is 1.71. The molecule has 0 spiro atoms. The molecule has 3 rings (SSSR count). The maximum absolute atomic E-state index is 12.2. The van der Waals surface area contributed by atoms with E-state index < -0.39 is 0 Å². The van der Waals surface area contributed by atoms with Gasteiger partial charge in [0.2, 0.25) is 5.88 Å². The number of carbonyl (C=O) groups excluding carboxylic acids is 1. The highest BCUT2D eigenvalue weighted by Gasteiger charge is 2.18. The maximum atomic E-state index is 12.2. The second-order valence-corrected chi connectivity index (χ2v) is 5.56. The molecule has 0 saturated heterocycles. The lowest BCUT2D eigenvalue weighted by Crippen LogP contribution is -2.16. The first-order chi connectivity index (χ1) is 11.1. The van der Waals surface area contributed by atoms with Crippen molar-refractivity contribution in [3.05, 3.63) is 77.4 Å². The largest absolute Gasteiger partial charge is 0.405 e. The number of nitrogens with zero attached hydrogens (tertiary/aromatic N) is 2. The van der Waals surface area contributed by atoms with Gasteiger partial charge in [0.25, 0.3) is 0 Å². The molecule has 0 aliphatic rings. The molecule has 0 amide bonds. The number of benzene rings is 2. The highest BCUT2D eigenvalue weighted by atomic mass is 35.5. The number of hydrogen-bond acceptors (Lipinski definition) is 3. The van der Waals surface area contributed by atoms with Crippen molar-refractivity contribution in [2.45, 2.75) is 12.8 Å². The minimum atomic E-state index is -0.350. The van der Waals surface area contributed by atoms with E-state index in [0.29, 0.717) is 5.02 Å². The Bertz CT molecular complexity index is 797. The quantitative estimate of drug-likeness (QED) is 0.674. The first kappa shape index (κ1) is 15.3. The van der Waals surface area contributed by atoms with Crippen LogP contribution in [0.5, 0.6) is 5.88 Å². The second-order valence-electron chi connectivity index (χ2n) is 5.13. The molecule has 0 radical (unpaired) electrons. The van der Waals surface area contributed by atoms with Crippen LogP contribution in [0.15, 0.2) is 66.9 Å². The molecule has 4 nitrogen and oxygen atoms in total. The van der Waals surface area contributed by atoms with Gasteiger partial charge in [0.1, 0.15) is 0 Å². The van der Waals surface area contributed by atoms with E-state index in [2.05, 4.69) is 5.10 Å². The van der Waals surface area contributed by atoms with Crippen LogP contribution in [0.1, 0.15) is 18.4 Å². The zero-order chi connectivity index (χ0) is 16.2. The molecule has 1 heterocycles. The van der Waals surface area contributed by atoms with Crippen LogP contribution in [-0.2, 0) is 4.79 Å². The van der Waals surface area contributed by atoms with E-state index in [1.807, 2.05) is 49.4 Å². The SMILES string of the molecule is CC(C(=O)Oc1ccn(-c2ccc(Cl)cc2)n1)c1ccccc1. The molecule has 0 aliphatic heterocycles. The summed E-state index contributed by atoms with van der Waals surface area (Å²) in [6.07, 6.45) is 1.74. The predicted molar refractivity (Wildman–Crippen MR) is 89.1 cm³/mol. The van der Waals surface area contributed by atoms with Crippen LogP contribution >= 0.6 is 11.6 Å². The molecule has 0 saturated carbocycles. The normalized spacial score (nSPS) is 11.9. The number of hydrogen-bond donors (Lipinski definition) is 0. The Labute approximate surface area is 139 Å². The number of carbonyl (C=O) groups is 1. The highest BCUT2D eigenvalue weighted by molar-refractivity contribution is 6.30. The first-order valence-electron chi connectivity index (χ1n) is 7.22. The summed E-state index contributed by atoms with van der Waals surface area (Å²) in [6, 6.07) is 18.4. The smallest absolute Gasteiger partial charge is 0.319 e. The molecule has 1 aromatic heterocycles. The van der Waals surface area contributed by atoms with Crippen LogP contribution in [0.3, 0.4) is 0 Å². The van der Waals surface area contributed by atoms with Crippen molar-refractivity contribution in [2.24, 2.45) is 0 Å². The van der Waals surface area contributed by atoms with Crippen molar-refractivity contribution in [2.75, 3.05) is 0 Å². The summed E-state index contributed by atoms with van der Waals surface area (Å²) < 4.78 is 6.99. The monoisotopic (exact) mass is 326 g/mol. The molecular formula is C18H15ClN2O2. The van der Waals surface area contributed by atoms with Gasteiger partial charge in [0, 0.05) is 17.3 Å². The number of esters is 1. The average Bonchev–Trinajstić information content (AvgIpc) is 3.04. The minimum absolute atomic E-state index is 0.271. The molecular weight excluding hydrogens is 312 g/mol. The maximum Gasteiger partial charge on any atom is 0.319 e. The van der Waals surface area contributed by atoms with Gasteiger partial charge in [-0.1, -0.05) is 41.9 Å². The van der Waals surface area contributed by atoms with E-state index in [0.717, 1.165) is 11.3 Å². The van der Waals surface area contributed by atoms with E-state index in [1.54, 1.807) is 29.1 Å². The zero-order valence-corrected chi connectivity index (χ0v) is 13.3. The minimum Gasteiger partial charge on any atom is -0.405 e. The van der Waals surface area contributed by atoms with Gasteiger partial charge in [-0.05, 0) is 36.8 Å². The van der Waals surface area contributed by atoms with Crippen LogP contribution in [0.2, 0.25) is 5.02 Å². The van der Waals surface area contributed by atoms with Crippen LogP contribution in [0, 0.1) is 0 Å². The van der Waals surface area contributed by atoms with Gasteiger partial charge in [-0.2, -0.15) is 0 Å².